The van der Waals surface area contributed by atoms with Crippen molar-refractivity contribution in [2.24, 2.45) is 0 Å². The van der Waals surface area contributed by atoms with Gasteiger partial charge in [-0.3, -0.25) is 0 Å². The molecule has 0 fully saturated rings. The van der Waals surface area contributed by atoms with Crippen LogP contribution >= 0.6 is 0 Å². The Balaban J connectivity index is 2.28. The first-order chi connectivity index (χ1) is 9.18. The highest BCUT2D eigenvalue weighted by Gasteiger charge is 2.22. The van der Waals surface area contributed by atoms with Gasteiger partial charge in [-0.1, -0.05) is 74.5 Å². The first kappa shape index (κ1) is 13.8. The molecule has 0 heterocycles. The summed E-state index contributed by atoms with van der Waals surface area (Å²) in [5, 5.41) is 14.1. The van der Waals surface area contributed by atoms with Gasteiger partial charge in [0.25, 0.3) is 0 Å². The molecule has 2 aromatic rings. The molecular formula is C17H21NO. The maximum Gasteiger partial charge on any atom is 0.0984 e. The van der Waals surface area contributed by atoms with Crippen LogP contribution in [-0.2, 0) is 0 Å². The standard InChI is InChI=1S/C17H21NO/c1-13(2)18-16(14-9-5-3-6-10-14)17(19)15-11-7-4-8-12-15/h3-13,16-19H,1-2H3. The molecule has 2 unspecified atom stereocenters. The zero-order chi connectivity index (χ0) is 13.7. The Hall–Kier alpha value is -1.64. The van der Waals surface area contributed by atoms with E-state index in [2.05, 4.69) is 19.2 Å². The summed E-state index contributed by atoms with van der Waals surface area (Å²) in [7, 11) is 0. The molecule has 0 bridgehead atoms. The van der Waals surface area contributed by atoms with Crippen molar-refractivity contribution in [3.05, 3.63) is 71.8 Å². The first-order valence-corrected chi connectivity index (χ1v) is 6.72. The number of benzene rings is 2. The highest BCUT2D eigenvalue weighted by Crippen LogP contribution is 2.28. The predicted molar refractivity (Wildman–Crippen MR) is 78.9 cm³/mol. The van der Waals surface area contributed by atoms with Crippen LogP contribution in [0.25, 0.3) is 0 Å². The smallest absolute Gasteiger partial charge is 0.0984 e. The van der Waals surface area contributed by atoms with Gasteiger partial charge in [0.05, 0.1) is 12.1 Å². The Kier molecular flexibility index (Phi) is 4.72. The van der Waals surface area contributed by atoms with E-state index in [-0.39, 0.29) is 6.04 Å². The van der Waals surface area contributed by atoms with Crippen molar-refractivity contribution >= 4 is 0 Å². The van der Waals surface area contributed by atoms with Crippen LogP contribution in [0.1, 0.15) is 37.1 Å². The van der Waals surface area contributed by atoms with Crippen LogP contribution in [0.2, 0.25) is 0 Å². The van der Waals surface area contributed by atoms with Crippen molar-refractivity contribution in [3.63, 3.8) is 0 Å². The van der Waals surface area contributed by atoms with Gasteiger partial charge in [-0.05, 0) is 11.1 Å². The lowest BCUT2D eigenvalue weighted by molar-refractivity contribution is 0.124. The Labute approximate surface area is 115 Å². The minimum atomic E-state index is -0.550. The van der Waals surface area contributed by atoms with E-state index in [4.69, 9.17) is 0 Å². The van der Waals surface area contributed by atoms with E-state index in [1.807, 2.05) is 60.7 Å². The average molecular weight is 255 g/mol. The van der Waals surface area contributed by atoms with Gasteiger partial charge in [-0.15, -0.1) is 0 Å². The van der Waals surface area contributed by atoms with Gasteiger partial charge < -0.3 is 10.4 Å². The summed E-state index contributed by atoms with van der Waals surface area (Å²) in [4.78, 5) is 0. The number of hydrogen-bond donors (Lipinski definition) is 2. The fourth-order valence-corrected chi connectivity index (χ4v) is 2.23. The van der Waals surface area contributed by atoms with E-state index in [1.54, 1.807) is 0 Å². The number of aliphatic hydroxyl groups excluding tert-OH is 1. The maximum atomic E-state index is 10.6. The summed E-state index contributed by atoms with van der Waals surface area (Å²) >= 11 is 0. The average Bonchev–Trinajstić information content (AvgIpc) is 2.46. The minimum absolute atomic E-state index is 0.0939. The fraction of sp³-hybridized carbons (Fsp3) is 0.294. The number of hydrogen-bond acceptors (Lipinski definition) is 2. The van der Waals surface area contributed by atoms with E-state index >= 15 is 0 Å². The third kappa shape index (κ3) is 3.66. The van der Waals surface area contributed by atoms with Crippen LogP contribution in [0.15, 0.2) is 60.7 Å². The molecule has 0 aliphatic carbocycles. The topological polar surface area (TPSA) is 32.3 Å². The van der Waals surface area contributed by atoms with Gasteiger partial charge in [0.2, 0.25) is 0 Å². The molecule has 2 atom stereocenters. The molecule has 0 aliphatic heterocycles. The highest BCUT2D eigenvalue weighted by molar-refractivity contribution is 5.26. The molecule has 2 nitrogen and oxygen atoms in total. The van der Waals surface area contributed by atoms with Crippen molar-refractivity contribution < 1.29 is 5.11 Å². The second-order valence-corrected chi connectivity index (χ2v) is 5.07. The first-order valence-electron chi connectivity index (χ1n) is 6.72. The summed E-state index contributed by atoms with van der Waals surface area (Å²) in [6.45, 7) is 4.18. The SMILES string of the molecule is CC(C)NC(c1ccccc1)C(O)c1ccccc1. The second-order valence-electron chi connectivity index (χ2n) is 5.07. The molecule has 100 valence electrons. The van der Waals surface area contributed by atoms with Crippen molar-refractivity contribution in [1.29, 1.82) is 0 Å². The summed E-state index contributed by atoms with van der Waals surface area (Å²) in [5.41, 5.74) is 2.04. The molecule has 0 aliphatic rings. The second kappa shape index (κ2) is 6.50. The summed E-state index contributed by atoms with van der Waals surface area (Å²) < 4.78 is 0. The van der Waals surface area contributed by atoms with Crippen molar-refractivity contribution in [3.8, 4) is 0 Å². The van der Waals surface area contributed by atoms with Crippen LogP contribution in [0.5, 0.6) is 0 Å². The number of aliphatic hydroxyl groups is 1. The molecule has 2 aromatic carbocycles. The molecule has 2 heteroatoms. The molecule has 0 saturated carbocycles. The predicted octanol–water partition coefficient (Wildman–Crippen LogP) is 3.46. The molecule has 0 spiro atoms. The molecule has 0 saturated heterocycles. The minimum Gasteiger partial charge on any atom is -0.386 e. The molecule has 0 amide bonds. The van der Waals surface area contributed by atoms with Crippen molar-refractivity contribution in [2.75, 3.05) is 0 Å². The normalized spacial score (nSPS) is 14.3. The van der Waals surface area contributed by atoms with Crippen LogP contribution in [0, 0.1) is 0 Å². The fourth-order valence-electron chi connectivity index (χ4n) is 2.23. The monoisotopic (exact) mass is 255 g/mol. The maximum absolute atomic E-state index is 10.6. The molecule has 0 radical (unpaired) electrons. The van der Waals surface area contributed by atoms with Crippen LogP contribution < -0.4 is 5.32 Å². The lowest BCUT2D eigenvalue weighted by Gasteiger charge is -2.27. The van der Waals surface area contributed by atoms with Crippen molar-refractivity contribution in [2.45, 2.75) is 32.0 Å². The summed E-state index contributed by atoms with van der Waals surface area (Å²) in [6, 6.07) is 20.1. The highest BCUT2D eigenvalue weighted by atomic mass is 16.3. The number of rotatable bonds is 5. The Bertz CT molecular complexity index is 481. The zero-order valence-corrected chi connectivity index (χ0v) is 11.5. The Morgan fingerprint density at radius 1 is 0.789 bits per heavy atom. The van der Waals surface area contributed by atoms with E-state index in [1.165, 1.54) is 0 Å². The summed E-state index contributed by atoms with van der Waals surface area (Å²) in [5.74, 6) is 0. The van der Waals surface area contributed by atoms with E-state index in [9.17, 15) is 5.11 Å². The lowest BCUT2D eigenvalue weighted by Crippen LogP contribution is -2.32. The zero-order valence-electron chi connectivity index (χ0n) is 11.5. The van der Waals surface area contributed by atoms with Gasteiger partial charge in [0.15, 0.2) is 0 Å². The molecule has 0 aromatic heterocycles. The summed E-state index contributed by atoms with van der Waals surface area (Å²) in [6.07, 6.45) is -0.550. The van der Waals surface area contributed by atoms with Gasteiger partial charge >= 0.3 is 0 Å². The quantitative estimate of drug-likeness (QED) is 0.857. The third-order valence-corrected chi connectivity index (χ3v) is 3.13. The number of nitrogens with one attached hydrogen (secondary N) is 1. The molecule has 2 rings (SSSR count). The molecular weight excluding hydrogens is 234 g/mol. The van der Waals surface area contributed by atoms with Crippen LogP contribution in [-0.4, -0.2) is 11.1 Å². The molecule has 2 N–H and O–H groups in total. The van der Waals surface area contributed by atoms with Crippen molar-refractivity contribution in [1.82, 2.24) is 5.32 Å². The van der Waals surface area contributed by atoms with Gasteiger partial charge in [0, 0.05) is 6.04 Å². The van der Waals surface area contributed by atoms with Crippen LogP contribution in [0.3, 0.4) is 0 Å². The van der Waals surface area contributed by atoms with E-state index in [0.717, 1.165) is 11.1 Å². The van der Waals surface area contributed by atoms with E-state index < -0.39 is 6.10 Å². The Morgan fingerprint density at radius 2 is 1.26 bits per heavy atom. The van der Waals surface area contributed by atoms with Gasteiger partial charge in [-0.25, -0.2) is 0 Å². The lowest BCUT2D eigenvalue weighted by atomic mass is 9.95. The molecule has 19 heavy (non-hydrogen) atoms. The Morgan fingerprint density at radius 3 is 1.74 bits per heavy atom. The third-order valence-electron chi connectivity index (χ3n) is 3.13. The van der Waals surface area contributed by atoms with Gasteiger partial charge in [-0.2, -0.15) is 0 Å². The van der Waals surface area contributed by atoms with E-state index in [0.29, 0.717) is 6.04 Å². The largest absolute Gasteiger partial charge is 0.386 e. The van der Waals surface area contributed by atoms with Gasteiger partial charge in [0.1, 0.15) is 0 Å². The van der Waals surface area contributed by atoms with Crippen LogP contribution in [0.4, 0.5) is 0 Å².